The summed E-state index contributed by atoms with van der Waals surface area (Å²) in [4.78, 5) is 21.2. The monoisotopic (exact) mass is 339 g/mol. The second-order valence-corrected chi connectivity index (χ2v) is 6.09. The zero-order chi connectivity index (χ0) is 16.9. The number of benzene rings is 1. The highest BCUT2D eigenvalue weighted by molar-refractivity contribution is 7.89. The van der Waals surface area contributed by atoms with Gasteiger partial charge in [-0.15, -0.1) is 0 Å². The number of nitrogens with one attached hydrogen (secondary N) is 2. The molecule has 0 spiro atoms. The van der Waals surface area contributed by atoms with E-state index in [1.807, 2.05) is 0 Å². The average molecular weight is 339 g/mol. The molecule has 1 aromatic heterocycles. The third-order valence-corrected chi connectivity index (χ3v) is 4.31. The number of furan rings is 1. The van der Waals surface area contributed by atoms with Gasteiger partial charge in [0.2, 0.25) is 10.0 Å². The van der Waals surface area contributed by atoms with Gasteiger partial charge in [0.1, 0.15) is 0 Å². The highest BCUT2D eigenvalue weighted by atomic mass is 32.2. The number of nitro groups is 1. The lowest BCUT2D eigenvalue weighted by Gasteiger charge is -2.07. The minimum Gasteiger partial charge on any atom is -0.459 e. The van der Waals surface area contributed by atoms with E-state index in [2.05, 4.69) is 10.0 Å². The van der Waals surface area contributed by atoms with E-state index in [0.29, 0.717) is 0 Å². The molecule has 0 aliphatic rings. The summed E-state index contributed by atoms with van der Waals surface area (Å²) < 4.78 is 31.2. The zero-order valence-electron chi connectivity index (χ0n) is 11.8. The van der Waals surface area contributed by atoms with Crippen molar-refractivity contribution >= 4 is 21.6 Å². The molecule has 0 unspecified atom stereocenters. The Hall–Kier alpha value is -2.72. The van der Waals surface area contributed by atoms with Crippen LogP contribution in [-0.4, -0.2) is 32.3 Å². The predicted molar refractivity (Wildman–Crippen MR) is 79.3 cm³/mol. The molecule has 2 rings (SSSR count). The molecule has 0 saturated carbocycles. The van der Waals surface area contributed by atoms with Crippen molar-refractivity contribution in [2.24, 2.45) is 0 Å². The molecule has 23 heavy (non-hydrogen) atoms. The van der Waals surface area contributed by atoms with Crippen LogP contribution in [0.15, 0.2) is 52.0 Å². The molecular weight excluding hydrogens is 326 g/mol. The number of nitrogens with zero attached hydrogens (tertiary/aromatic N) is 1. The average Bonchev–Trinajstić information content (AvgIpc) is 3.06. The van der Waals surface area contributed by atoms with Gasteiger partial charge in [-0.25, -0.2) is 13.1 Å². The number of sulfonamides is 1. The molecule has 0 aliphatic heterocycles. The molecule has 2 N–H and O–H groups in total. The topological polar surface area (TPSA) is 132 Å². The summed E-state index contributed by atoms with van der Waals surface area (Å²) in [6.07, 6.45) is 1.34. The third kappa shape index (κ3) is 4.14. The second-order valence-electron chi connectivity index (χ2n) is 4.36. The summed E-state index contributed by atoms with van der Waals surface area (Å²) in [7, 11) is -4.05. The Kier molecular flexibility index (Phi) is 5.09. The number of carbonyl (C=O) groups excluding carboxylic acids is 1. The maximum Gasteiger partial charge on any atom is 0.289 e. The van der Waals surface area contributed by atoms with Gasteiger partial charge in [-0.1, -0.05) is 12.1 Å². The van der Waals surface area contributed by atoms with Gasteiger partial charge in [-0.2, -0.15) is 0 Å². The number of carbonyl (C=O) groups is 1. The van der Waals surface area contributed by atoms with Crippen LogP contribution in [0.1, 0.15) is 10.6 Å². The van der Waals surface area contributed by atoms with E-state index >= 15 is 0 Å². The quantitative estimate of drug-likeness (QED) is 0.437. The van der Waals surface area contributed by atoms with Crippen molar-refractivity contribution in [3.63, 3.8) is 0 Å². The molecule has 1 heterocycles. The Balaban J connectivity index is 1.95. The van der Waals surface area contributed by atoms with Crippen LogP contribution >= 0.6 is 0 Å². The van der Waals surface area contributed by atoms with E-state index < -0.39 is 31.4 Å². The first-order valence-corrected chi connectivity index (χ1v) is 7.95. The summed E-state index contributed by atoms with van der Waals surface area (Å²) in [6, 6.07) is 8.02. The van der Waals surface area contributed by atoms with Crippen LogP contribution in [0.3, 0.4) is 0 Å². The van der Waals surface area contributed by atoms with E-state index in [9.17, 15) is 23.3 Å². The number of hydrogen-bond donors (Lipinski definition) is 2. The van der Waals surface area contributed by atoms with Gasteiger partial charge in [0.05, 0.1) is 11.2 Å². The maximum atomic E-state index is 12.1. The first-order valence-electron chi connectivity index (χ1n) is 6.46. The van der Waals surface area contributed by atoms with Gasteiger partial charge in [0, 0.05) is 19.2 Å². The van der Waals surface area contributed by atoms with Crippen LogP contribution in [-0.2, 0) is 10.0 Å². The molecule has 1 amide bonds. The summed E-state index contributed by atoms with van der Waals surface area (Å²) in [5.74, 6) is -0.383. The molecule has 0 atom stereocenters. The van der Waals surface area contributed by atoms with Crippen LogP contribution < -0.4 is 10.0 Å². The normalized spacial score (nSPS) is 11.1. The second kappa shape index (κ2) is 7.03. The summed E-state index contributed by atoms with van der Waals surface area (Å²) in [5, 5.41) is 13.3. The largest absolute Gasteiger partial charge is 0.459 e. The molecule has 9 nitrogen and oxygen atoms in total. The van der Waals surface area contributed by atoms with E-state index in [1.54, 1.807) is 6.07 Å². The van der Waals surface area contributed by atoms with Crippen molar-refractivity contribution in [3.05, 3.63) is 58.5 Å². The van der Waals surface area contributed by atoms with Crippen molar-refractivity contribution in [3.8, 4) is 0 Å². The number of rotatable bonds is 7. The molecule has 1 aromatic carbocycles. The SMILES string of the molecule is O=C(NCCNS(=O)(=O)c1ccccc1[N+](=O)[O-])c1ccco1. The van der Waals surface area contributed by atoms with E-state index in [-0.39, 0.29) is 18.8 Å². The van der Waals surface area contributed by atoms with Crippen molar-refractivity contribution in [1.82, 2.24) is 10.0 Å². The van der Waals surface area contributed by atoms with Crippen LogP contribution in [0.5, 0.6) is 0 Å². The summed E-state index contributed by atoms with van der Waals surface area (Å²) in [6.45, 7) is -0.125. The number of hydrogen-bond acceptors (Lipinski definition) is 6. The lowest BCUT2D eigenvalue weighted by atomic mass is 10.3. The van der Waals surface area contributed by atoms with Crippen LogP contribution in [0, 0.1) is 10.1 Å². The van der Waals surface area contributed by atoms with Crippen molar-refractivity contribution in [1.29, 1.82) is 0 Å². The lowest BCUT2D eigenvalue weighted by Crippen LogP contribution is -2.34. The smallest absolute Gasteiger partial charge is 0.289 e. The van der Waals surface area contributed by atoms with Gasteiger partial charge in [-0.05, 0) is 18.2 Å². The van der Waals surface area contributed by atoms with Gasteiger partial charge >= 0.3 is 0 Å². The van der Waals surface area contributed by atoms with Gasteiger partial charge in [0.15, 0.2) is 10.7 Å². The number of nitro benzene ring substituents is 1. The van der Waals surface area contributed by atoms with Crippen molar-refractivity contribution in [2.75, 3.05) is 13.1 Å². The van der Waals surface area contributed by atoms with E-state index in [4.69, 9.17) is 4.42 Å². The Morgan fingerprint density at radius 3 is 2.57 bits per heavy atom. The maximum absolute atomic E-state index is 12.1. The van der Waals surface area contributed by atoms with Crippen LogP contribution in [0.2, 0.25) is 0 Å². The fraction of sp³-hybridized carbons (Fsp3) is 0.154. The highest BCUT2D eigenvalue weighted by Gasteiger charge is 2.24. The molecule has 122 valence electrons. The number of para-hydroxylation sites is 1. The Bertz CT molecular complexity index is 801. The molecule has 0 saturated heterocycles. The predicted octanol–water partition coefficient (Wildman–Crippen LogP) is 0.896. The standard InChI is InChI=1S/C13H13N3O6S/c17-13(11-5-3-9-22-11)14-7-8-15-23(20,21)12-6-2-1-4-10(12)16(18)19/h1-6,9,15H,7-8H2,(H,14,17). The van der Waals surface area contributed by atoms with Crippen molar-refractivity contribution in [2.45, 2.75) is 4.90 Å². The highest BCUT2D eigenvalue weighted by Crippen LogP contribution is 2.22. The Morgan fingerprint density at radius 2 is 1.91 bits per heavy atom. The van der Waals surface area contributed by atoms with Crippen LogP contribution in [0.25, 0.3) is 0 Å². The molecule has 0 fully saturated rings. The van der Waals surface area contributed by atoms with E-state index in [1.165, 1.54) is 24.5 Å². The molecule has 0 bridgehead atoms. The Labute approximate surface area is 131 Å². The fourth-order valence-electron chi connectivity index (χ4n) is 1.77. The molecule has 0 radical (unpaired) electrons. The minimum absolute atomic E-state index is 0.000601. The lowest BCUT2D eigenvalue weighted by molar-refractivity contribution is -0.387. The van der Waals surface area contributed by atoms with E-state index in [0.717, 1.165) is 12.1 Å². The Morgan fingerprint density at radius 1 is 1.17 bits per heavy atom. The number of amides is 1. The zero-order valence-corrected chi connectivity index (χ0v) is 12.6. The third-order valence-electron chi connectivity index (χ3n) is 2.80. The fourth-order valence-corrected chi connectivity index (χ4v) is 2.97. The van der Waals surface area contributed by atoms with Gasteiger partial charge < -0.3 is 9.73 Å². The molecule has 0 aliphatic carbocycles. The minimum atomic E-state index is -4.05. The van der Waals surface area contributed by atoms with Gasteiger partial charge in [0.25, 0.3) is 11.6 Å². The summed E-state index contributed by atoms with van der Waals surface area (Å²) >= 11 is 0. The molecular formula is C13H13N3O6S. The molecule has 2 aromatic rings. The van der Waals surface area contributed by atoms with Crippen LogP contribution in [0.4, 0.5) is 5.69 Å². The first kappa shape index (κ1) is 16.6. The first-order chi connectivity index (χ1) is 10.9. The molecule has 10 heteroatoms. The van der Waals surface area contributed by atoms with Gasteiger partial charge in [-0.3, -0.25) is 14.9 Å². The van der Waals surface area contributed by atoms with Crippen molar-refractivity contribution < 1.29 is 22.6 Å². The summed E-state index contributed by atoms with van der Waals surface area (Å²) in [5.41, 5.74) is -0.514.